The zero-order valence-corrected chi connectivity index (χ0v) is 21.4. The fourth-order valence-corrected chi connectivity index (χ4v) is 4.63. The van der Waals surface area contributed by atoms with Gasteiger partial charge in [0.1, 0.15) is 11.8 Å². The number of hydrogen-bond acceptors (Lipinski definition) is 5. The van der Waals surface area contributed by atoms with E-state index in [1.807, 2.05) is 43.3 Å². The number of methoxy groups -OCH3 is 1. The molecule has 9 heteroatoms. The highest BCUT2D eigenvalue weighted by Crippen LogP contribution is 2.21. The molecule has 2 aromatic carbocycles. The maximum Gasteiger partial charge on any atom is 0.242 e. The van der Waals surface area contributed by atoms with Gasteiger partial charge in [0.05, 0.1) is 19.1 Å². The molecule has 0 spiro atoms. The van der Waals surface area contributed by atoms with Crippen LogP contribution in [0.4, 0.5) is 5.69 Å². The Balaban J connectivity index is 2.15. The van der Waals surface area contributed by atoms with Crippen molar-refractivity contribution < 1.29 is 22.7 Å². The molecular formula is C25H35N3O5S. The predicted molar refractivity (Wildman–Crippen MR) is 134 cm³/mol. The SMILES string of the molecule is CCc1ccc(N(CCCC(=O)N(Cc2cccc(OC)c2)[C@@H](C)C(=O)NC)S(C)(=O)=O)cc1. The van der Waals surface area contributed by atoms with Crippen molar-refractivity contribution in [2.24, 2.45) is 0 Å². The van der Waals surface area contributed by atoms with Gasteiger partial charge in [-0.1, -0.05) is 31.2 Å². The summed E-state index contributed by atoms with van der Waals surface area (Å²) in [4.78, 5) is 27.0. The fourth-order valence-electron chi connectivity index (χ4n) is 3.66. The normalized spacial score (nSPS) is 12.0. The van der Waals surface area contributed by atoms with Crippen LogP contribution in [0.15, 0.2) is 48.5 Å². The van der Waals surface area contributed by atoms with E-state index in [1.165, 1.54) is 16.3 Å². The monoisotopic (exact) mass is 489 g/mol. The van der Waals surface area contributed by atoms with E-state index in [0.717, 1.165) is 23.8 Å². The van der Waals surface area contributed by atoms with Crippen molar-refractivity contribution in [2.75, 3.05) is 31.3 Å². The zero-order chi connectivity index (χ0) is 25.3. The second-order valence-electron chi connectivity index (χ2n) is 8.12. The number of anilines is 1. The Kier molecular flexibility index (Phi) is 9.92. The van der Waals surface area contributed by atoms with Gasteiger partial charge in [-0.05, 0) is 55.2 Å². The number of likely N-dealkylation sites (N-methyl/N-ethyl adjacent to an activating group) is 1. The van der Waals surface area contributed by atoms with Crippen LogP contribution in [-0.2, 0) is 32.6 Å². The minimum absolute atomic E-state index is 0.102. The van der Waals surface area contributed by atoms with Crippen molar-refractivity contribution in [3.05, 3.63) is 59.7 Å². The average molecular weight is 490 g/mol. The lowest BCUT2D eigenvalue weighted by Gasteiger charge is -2.29. The first-order valence-electron chi connectivity index (χ1n) is 11.3. The minimum Gasteiger partial charge on any atom is -0.497 e. The van der Waals surface area contributed by atoms with Crippen molar-refractivity contribution in [3.63, 3.8) is 0 Å². The smallest absolute Gasteiger partial charge is 0.242 e. The number of ether oxygens (including phenoxy) is 1. The van der Waals surface area contributed by atoms with E-state index >= 15 is 0 Å². The van der Waals surface area contributed by atoms with Crippen LogP contribution in [-0.4, -0.2) is 58.1 Å². The van der Waals surface area contributed by atoms with Gasteiger partial charge in [-0.3, -0.25) is 13.9 Å². The first-order chi connectivity index (χ1) is 16.1. The molecule has 0 saturated heterocycles. The Morgan fingerprint density at radius 2 is 1.76 bits per heavy atom. The van der Waals surface area contributed by atoms with Gasteiger partial charge >= 0.3 is 0 Å². The lowest BCUT2D eigenvalue weighted by molar-refractivity contribution is -0.140. The Labute approximate surface area is 202 Å². The van der Waals surface area contributed by atoms with Gasteiger partial charge in [0, 0.05) is 26.6 Å². The number of carbonyl (C=O) groups is 2. The molecule has 0 heterocycles. The van der Waals surface area contributed by atoms with Gasteiger partial charge in [-0.15, -0.1) is 0 Å². The summed E-state index contributed by atoms with van der Waals surface area (Å²) in [6.07, 6.45) is 2.44. The summed E-state index contributed by atoms with van der Waals surface area (Å²) < 4.78 is 31.4. The van der Waals surface area contributed by atoms with Gasteiger partial charge in [0.15, 0.2) is 0 Å². The van der Waals surface area contributed by atoms with E-state index in [4.69, 9.17) is 4.74 Å². The van der Waals surface area contributed by atoms with Crippen LogP contribution in [0.1, 0.15) is 37.8 Å². The molecule has 2 aromatic rings. The molecule has 34 heavy (non-hydrogen) atoms. The van der Waals surface area contributed by atoms with Crippen molar-refractivity contribution in [2.45, 2.75) is 45.7 Å². The van der Waals surface area contributed by atoms with Crippen LogP contribution < -0.4 is 14.4 Å². The quantitative estimate of drug-likeness (QED) is 0.495. The standard InChI is InChI=1S/C25H35N3O5S/c1-6-20-12-14-22(15-13-20)28(34(5,31)32)16-8-11-24(29)27(19(2)25(30)26-3)18-21-9-7-10-23(17-21)33-4/h7,9-10,12-15,17,19H,6,8,11,16,18H2,1-5H3,(H,26,30)/t19-/m0/s1. The van der Waals surface area contributed by atoms with Crippen LogP contribution in [0.25, 0.3) is 0 Å². The van der Waals surface area contributed by atoms with Crippen LogP contribution in [0, 0.1) is 0 Å². The Hall–Kier alpha value is -3.07. The number of benzene rings is 2. The van der Waals surface area contributed by atoms with Gasteiger partial charge in [0.25, 0.3) is 0 Å². The molecule has 8 nitrogen and oxygen atoms in total. The third kappa shape index (κ3) is 7.48. The molecular weight excluding hydrogens is 454 g/mol. The van der Waals surface area contributed by atoms with E-state index < -0.39 is 16.1 Å². The Morgan fingerprint density at radius 3 is 2.32 bits per heavy atom. The van der Waals surface area contributed by atoms with Crippen LogP contribution in [0.5, 0.6) is 5.75 Å². The molecule has 0 saturated carbocycles. The number of hydrogen-bond donors (Lipinski definition) is 1. The summed E-state index contributed by atoms with van der Waals surface area (Å²) in [7, 11) is -0.419. The lowest BCUT2D eigenvalue weighted by Crippen LogP contribution is -2.46. The molecule has 2 rings (SSSR count). The highest BCUT2D eigenvalue weighted by molar-refractivity contribution is 7.92. The zero-order valence-electron chi connectivity index (χ0n) is 20.6. The molecule has 0 unspecified atom stereocenters. The number of nitrogens with zero attached hydrogens (tertiary/aromatic N) is 2. The summed E-state index contributed by atoms with van der Waals surface area (Å²) in [5.74, 6) is 0.161. The van der Waals surface area contributed by atoms with Crippen molar-refractivity contribution >= 4 is 27.5 Å². The minimum atomic E-state index is -3.52. The van der Waals surface area contributed by atoms with Crippen molar-refractivity contribution in [1.82, 2.24) is 10.2 Å². The molecule has 0 aliphatic rings. The van der Waals surface area contributed by atoms with Gasteiger partial charge in [-0.2, -0.15) is 0 Å². The molecule has 0 bridgehead atoms. The van der Waals surface area contributed by atoms with E-state index in [1.54, 1.807) is 26.2 Å². The third-order valence-electron chi connectivity index (χ3n) is 5.69. The van der Waals surface area contributed by atoms with Gasteiger partial charge < -0.3 is 15.0 Å². The third-order valence-corrected chi connectivity index (χ3v) is 6.88. The number of rotatable bonds is 12. The van der Waals surface area contributed by atoms with Crippen molar-refractivity contribution in [1.29, 1.82) is 0 Å². The molecule has 0 fully saturated rings. The lowest BCUT2D eigenvalue weighted by atomic mass is 10.1. The van der Waals surface area contributed by atoms with Crippen LogP contribution in [0.2, 0.25) is 0 Å². The average Bonchev–Trinajstić information content (AvgIpc) is 2.83. The first-order valence-corrected chi connectivity index (χ1v) is 13.2. The predicted octanol–water partition coefficient (Wildman–Crippen LogP) is 2.97. The van der Waals surface area contributed by atoms with Crippen LogP contribution in [0.3, 0.4) is 0 Å². The summed E-state index contributed by atoms with van der Waals surface area (Å²) in [5, 5.41) is 2.59. The maximum absolute atomic E-state index is 13.2. The van der Waals surface area contributed by atoms with Gasteiger partial charge in [-0.25, -0.2) is 8.42 Å². The molecule has 0 aliphatic carbocycles. The number of sulfonamides is 1. The highest BCUT2D eigenvalue weighted by Gasteiger charge is 2.26. The molecule has 0 aliphatic heterocycles. The summed E-state index contributed by atoms with van der Waals surface area (Å²) >= 11 is 0. The molecule has 186 valence electrons. The molecule has 2 amide bonds. The second-order valence-corrected chi connectivity index (χ2v) is 10.0. The van der Waals surface area contributed by atoms with Gasteiger partial charge in [0.2, 0.25) is 21.8 Å². The molecule has 0 radical (unpaired) electrons. The van der Waals surface area contributed by atoms with Crippen molar-refractivity contribution in [3.8, 4) is 5.75 Å². The van der Waals surface area contributed by atoms with E-state index in [0.29, 0.717) is 17.9 Å². The largest absolute Gasteiger partial charge is 0.497 e. The highest BCUT2D eigenvalue weighted by atomic mass is 32.2. The first kappa shape index (κ1) is 27.2. The number of amides is 2. The number of nitrogens with one attached hydrogen (secondary N) is 1. The Morgan fingerprint density at radius 1 is 1.09 bits per heavy atom. The van der Waals surface area contributed by atoms with E-state index in [-0.39, 0.29) is 31.3 Å². The topological polar surface area (TPSA) is 96.0 Å². The summed E-state index contributed by atoms with van der Waals surface area (Å²) in [5.41, 5.74) is 2.51. The number of aryl methyl sites for hydroxylation is 1. The fraction of sp³-hybridized carbons (Fsp3) is 0.440. The second kappa shape index (κ2) is 12.4. The molecule has 1 atom stereocenters. The van der Waals surface area contributed by atoms with E-state index in [9.17, 15) is 18.0 Å². The van der Waals surface area contributed by atoms with E-state index in [2.05, 4.69) is 5.32 Å². The Bertz CT molecular complexity index is 1070. The molecule has 1 N–H and O–H groups in total. The molecule has 0 aromatic heterocycles. The maximum atomic E-state index is 13.2. The number of carbonyl (C=O) groups excluding carboxylic acids is 2. The summed E-state index contributed by atoms with van der Waals surface area (Å²) in [6, 6.07) is 14.0. The van der Waals surface area contributed by atoms with Crippen LogP contribution >= 0.6 is 0 Å². The summed E-state index contributed by atoms with van der Waals surface area (Å²) in [6.45, 7) is 4.11.